The molecule has 0 heterocycles. The molecule has 2 aromatic rings. The number of sulfone groups is 1. The predicted octanol–water partition coefficient (Wildman–Crippen LogP) is 5.88. The topological polar surface area (TPSA) is 34.1 Å². The summed E-state index contributed by atoms with van der Waals surface area (Å²) in [5.74, 6) is 0. The molecule has 0 atom stereocenters. The van der Waals surface area contributed by atoms with Crippen LogP contribution in [0.5, 0.6) is 0 Å². The minimum Gasteiger partial charge on any atom is -0.218 e. The van der Waals surface area contributed by atoms with E-state index in [0.29, 0.717) is 9.79 Å². The van der Waals surface area contributed by atoms with Crippen LogP contribution < -0.4 is 0 Å². The molecule has 0 fully saturated rings. The first kappa shape index (κ1) is 18.7. The molecule has 1 aliphatic carbocycles. The zero-order valence-corrected chi connectivity index (χ0v) is 17.2. The highest BCUT2D eigenvalue weighted by Gasteiger charge is 2.28. The lowest BCUT2D eigenvalue weighted by molar-refractivity contribution is 0.594. The van der Waals surface area contributed by atoms with Gasteiger partial charge < -0.3 is 0 Å². The van der Waals surface area contributed by atoms with Crippen molar-refractivity contribution in [3.05, 3.63) is 75.4 Å². The molecule has 0 saturated heterocycles. The largest absolute Gasteiger partial charge is 0.218 e. The molecule has 0 bridgehead atoms. The molecule has 0 N–H and O–H groups in total. The van der Waals surface area contributed by atoms with Crippen molar-refractivity contribution in [1.82, 2.24) is 0 Å². The quantitative estimate of drug-likeness (QED) is 0.680. The van der Waals surface area contributed by atoms with Crippen molar-refractivity contribution < 1.29 is 8.42 Å². The van der Waals surface area contributed by atoms with Gasteiger partial charge in [0.05, 0.1) is 9.79 Å². The maximum absolute atomic E-state index is 13.7. The van der Waals surface area contributed by atoms with Gasteiger partial charge in [0.2, 0.25) is 9.84 Å². The first-order valence-electron chi connectivity index (χ1n) is 8.93. The summed E-state index contributed by atoms with van der Waals surface area (Å²) in [6, 6.07) is 9.66. The molecule has 26 heavy (non-hydrogen) atoms. The van der Waals surface area contributed by atoms with Gasteiger partial charge in [-0.15, -0.1) is 0 Å². The van der Waals surface area contributed by atoms with E-state index in [2.05, 4.69) is 19.9 Å². The number of hydrogen-bond donors (Lipinski definition) is 0. The van der Waals surface area contributed by atoms with Gasteiger partial charge in [0.1, 0.15) is 0 Å². The molecule has 0 unspecified atom stereocenters. The number of aryl methyl sites for hydroxylation is 4. The van der Waals surface area contributed by atoms with Crippen molar-refractivity contribution in [2.24, 2.45) is 0 Å². The van der Waals surface area contributed by atoms with E-state index in [9.17, 15) is 8.42 Å². The van der Waals surface area contributed by atoms with Gasteiger partial charge in [-0.2, -0.15) is 0 Å². The Bertz CT molecular complexity index is 1040. The Morgan fingerprint density at radius 3 is 1.96 bits per heavy atom. The lowest BCUT2D eigenvalue weighted by Gasteiger charge is -2.18. The van der Waals surface area contributed by atoms with Crippen LogP contribution in [0.4, 0.5) is 0 Å². The molecule has 136 valence electrons. The highest BCUT2D eigenvalue weighted by molar-refractivity contribution is 7.91. The maximum atomic E-state index is 13.7. The number of benzene rings is 2. The first-order chi connectivity index (χ1) is 12.1. The average molecular weight is 367 g/mol. The second kappa shape index (κ2) is 6.55. The van der Waals surface area contributed by atoms with Gasteiger partial charge in [-0.3, -0.25) is 0 Å². The third-order valence-corrected chi connectivity index (χ3v) is 7.20. The Labute approximate surface area is 157 Å². The molecular formula is C23H26O2S. The molecule has 1 aliphatic rings. The molecule has 3 heteroatoms. The Morgan fingerprint density at radius 2 is 1.42 bits per heavy atom. The van der Waals surface area contributed by atoms with E-state index < -0.39 is 9.84 Å². The first-order valence-corrected chi connectivity index (χ1v) is 10.4. The lowest BCUT2D eigenvalue weighted by atomic mass is 9.98. The van der Waals surface area contributed by atoms with Crippen molar-refractivity contribution in [3.63, 3.8) is 0 Å². The zero-order valence-electron chi connectivity index (χ0n) is 16.4. The molecule has 0 amide bonds. The summed E-state index contributed by atoms with van der Waals surface area (Å²) in [5.41, 5.74) is 7.91. The van der Waals surface area contributed by atoms with Crippen LogP contribution in [0, 0.1) is 27.7 Å². The molecule has 0 saturated carbocycles. The maximum Gasteiger partial charge on any atom is 0.207 e. The third kappa shape index (κ3) is 3.05. The van der Waals surface area contributed by atoms with Gasteiger partial charge in [-0.1, -0.05) is 41.5 Å². The van der Waals surface area contributed by atoms with Crippen molar-refractivity contribution in [1.29, 1.82) is 0 Å². The predicted molar refractivity (Wildman–Crippen MR) is 108 cm³/mol. The molecule has 2 aromatic carbocycles. The minimum atomic E-state index is -3.62. The summed E-state index contributed by atoms with van der Waals surface area (Å²) in [4.78, 5) is 0.851. The van der Waals surface area contributed by atoms with Crippen LogP contribution in [0.1, 0.15) is 48.1 Å². The summed E-state index contributed by atoms with van der Waals surface area (Å²) >= 11 is 0. The van der Waals surface area contributed by atoms with Crippen molar-refractivity contribution in [3.8, 4) is 0 Å². The fraction of sp³-hybridized carbons (Fsp3) is 0.304. The smallest absolute Gasteiger partial charge is 0.207 e. The van der Waals surface area contributed by atoms with Crippen LogP contribution in [0.2, 0.25) is 0 Å². The van der Waals surface area contributed by atoms with Crippen LogP contribution in [0.15, 0.2) is 57.3 Å². The van der Waals surface area contributed by atoms with Gasteiger partial charge >= 0.3 is 0 Å². The van der Waals surface area contributed by atoms with E-state index in [1.54, 1.807) is 0 Å². The highest BCUT2D eigenvalue weighted by Crippen LogP contribution is 2.40. The summed E-state index contributed by atoms with van der Waals surface area (Å²) in [7, 11) is -3.62. The molecule has 0 aliphatic heterocycles. The molecule has 0 aromatic heterocycles. The van der Waals surface area contributed by atoms with Gasteiger partial charge in [-0.25, -0.2) is 8.42 Å². The van der Waals surface area contributed by atoms with E-state index in [-0.39, 0.29) is 0 Å². The monoisotopic (exact) mass is 366 g/mol. The summed E-state index contributed by atoms with van der Waals surface area (Å²) in [6.07, 6.45) is 3.06. The second-order valence-corrected chi connectivity index (χ2v) is 9.33. The van der Waals surface area contributed by atoms with Crippen LogP contribution >= 0.6 is 0 Å². The Morgan fingerprint density at radius 1 is 0.808 bits per heavy atom. The van der Waals surface area contributed by atoms with Crippen LogP contribution in [-0.2, 0) is 9.84 Å². The normalized spacial score (nSPS) is 14.8. The summed E-state index contributed by atoms with van der Waals surface area (Å²) < 4.78 is 27.4. The molecule has 0 spiro atoms. The van der Waals surface area contributed by atoms with E-state index in [0.717, 1.165) is 45.4 Å². The van der Waals surface area contributed by atoms with Crippen LogP contribution in [0.3, 0.4) is 0 Å². The fourth-order valence-electron chi connectivity index (χ4n) is 4.05. The molecule has 0 radical (unpaired) electrons. The molecule has 2 nitrogen and oxygen atoms in total. The number of hydrogen-bond acceptors (Lipinski definition) is 2. The summed E-state index contributed by atoms with van der Waals surface area (Å²) in [5, 5.41) is 0. The number of rotatable bonds is 3. The van der Waals surface area contributed by atoms with Crippen molar-refractivity contribution in [2.45, 2.75) is 57.8 Å². The van der Waals surface area contributed by atoms with E-state index in [1.807, 2.05) is 58.0 Å². The van der Waals surface area contributed by atoms with Crippen LogP contribution in [-0.4, -0.2) is 8.42 Å². The lowest BCUT2D eigenvalue weighted by Crippen LogP contribution is -2.10. The van der Waals surface area contributed by atoms with Gasteiger partial charge in [0.15, 0.2) is 0 Å². The van der Waals surface area contributed by atoms with E-state index in [4.69, 9.17) is 0 Å². The third-order valence-electron chi connectivity index (χ3n) is 5.10. The Hall–Kier alpha value is -2.13. The van der Waals surface area contributed by atoms with E-state index >= 15 is 0 Å². The highest BCUT2D eigenvalue weighted by atomic mass is 32.2. The second-order valence-electron chi connectivity index (χ2n) is 7.48. The molecular weight excluding hydrogens is 340 g/mol. The van der Waals surface area contributed by atoms with Gasteiger partial charge in [0.25, 0.3) is 0 Å². The minimum absolute atomic E-state index is 0.413. The van der Waals surface area contributed by atoms with E-state index in [1.165, 1.54) is 5.57 Å². The van der Waals surface area contributed by atoms with Gasteiger partial charge in [0, 0.05) is 5.56 Å². The zero-order chi connectivity index (χ0) is 19.2. The standard InChI is InChI=1S/C23H26O2S/c1-14-7-10-20(22-16(3)8-9-17(22)4)21(13-14)26(24,25)23-18(5)11-15(2)12-19(23)6/h7-8,10-13H,9H2,1-6H3. The Kier molecular flexibility index (Phi) is 4.70. The van der Waals surface area contributed by atoms with Gasteiger partial charge in [-0.05, 0) is 81.9 Å². The number of allylic oxidation sites excluding steroid dienone is 4. The van der Waals surface area contributed by atoms with Crippen molar-refractivity contribution in [2.75, 3.05) is 0 Å². The fourth-order valence-corrected chi connectivity index (χ4v) is 6.03. The SMILES string of the molecule is CC1=CCC(C)=C1c1ccc(C)cc1S(=O)(=O)c1c(C)cc(C)cc1C. The Balaban J connectivity index is 2.33. The summed E-state index contributed by atoms with van der Waals surface area (Å²) in [6.45, 7) is 11.8. The average Bonchev–Trinajstić information content (AvgIpc) is 2.85. The van der Waals surface area contributed by atoms with Crippen molar-refractivity contribution >= 4 is 15.4 Å². The molecule has 3 rings (SSSR count). The van der Waals surface area contributed by atoms with Crippen LogP contribution in [0.25, 0.3) is 5.57 Å².